The topological polar surface area (TPSA) is 108 Å². The van der Waals surface area contributed by atoms with Crippen LogP contribution in [0.1, 0.15) is 0 Å². The fourth-order valence-corrected chi connectivity index (χ4v) is 1.40. The van der Waals surface area contributed by atoms with Gasteiger partial charge in [0.15, 0.2) is 12.2 Å². The first kappa shape index (κ1) is 13.0. The second-order valence-electron chi connectivity index (χ2n) is 3.67. The van der Waals surface area contributed by atoms with Crippen LogP contribution in [-0.2, 0) is 19.1 Å². The average Bonchev–Trinajstić information content (AvgIpc) is 3.18. The summed E-state index contributed by atoms with van der Waals surface area (Å²) in [4.78, 5) is 32.4. The molecule has 0 radical (unpaired) electrons. The number of rotatable bonds is 4. The lowest BCUT2D eigenvalue weighted by Gasteiger charge is -2.01. The van der Waals surface area contributed by atoms with Gasteiger partial charge in [-0.1, -0.05) is 0 Å². The summed E-state index contributed by atoms with van der Waals surface area (Å²) < 4.78 is 14.1. The quantitative estimate of drug-likeness (QED) is 0.256. The second kappa shape index (κ2) is 5.02. The number of esters is 2. The van der Waals surface area contributed by atoms with Crippen molar-refractivity contribution in [1.29, 1.82) is 0 Å². The maximum atomic E-state index is 11.5. The van der Waals surface area contributed by atoms with Crippen molar-refractivity contribution in [1.82, 2.24) is 0 Å². The number of carbonyl (C=O) groups is 2. The Hall–Kier alpha value is -2.48. The Labute approximate surface area is 107 Å². The van der Waals surface area contributed by atoms with Crippen LogP contribution in [0.25, 0.3) is 0 Å². The molecule has 100 valence electrons. The van der Waals surface area contributed by atoms with E-state index in [9.17, 15) is 19.7 Å². The highest BCUT2D eigenvalue weighted by molar-refractivity contribution is 5.90. The third kappa shape index (κ3) is 2.86. The molecule has 0 aliphatic carbocycles. The van der Waals surface area contributed by atoms with Gasteiger partial charge >= 0.3 is 11.9 Å². The SMILES string of the molecule is COC(=O)C1OC1C(=O)Oc1ccc([N+](=O)[O-])cc1. The van der Waals surface area contributed by atoms with Gasteiger partial charge in [0.05, 0.1) is 12.0 Å². The van der Waals surface area contributed by atoms with Crippen molar-refractivity contribution >= 4 is 17.6 Å². The predicted molar refractivity (Wildman–Crippen MR) is 59.4 cm³/mol. The monoisotopic (exact) mass is 267 g/mol. The first-order chi connectivity index (χ1) is 9.02. The Balaban J connectivity index is 1.93. The van der Waals surface area contributed by atoms with E-state index in [0.717, 1.165) is 0 Å². The molecule has 1 aromatic rings. The minimum absolute atomic E-state index is 0.116. The van der Waals surface area contributed by atoms with Gasteiger partial charge in [-0.25, -0.2) is 9.59 Å². The van der Waals surface area contributed by atoms with E-state index in [2.05, 4.69) is 4.74 Å². The van der Waals surface area contributed by atoms with Gasteiger partial charge in [-0.3, -0.25) is 10.1 Å². The first-order valence-electron chi connectivity index (χ1n) is 5.22. The van der Waals surface area contributed by atoms with Crippen LogP contribution in [0, 0.1) is 10.1 Å². The molecule has 0 spiro atoms. The van der Waals surface area contributed by atoms with Crippen LogP contribution >= 0.6 is 0 Å². The Morgan fingerprint density at radius 3 is 2.32 bits per heavy atom. The molecular weight excluding hydrogens is 258 g/mol. The molecule has 0 saturated carbocycles. The number of nitro groups is 1. The number of methoxy groups -OCH3 is 1. The normalized spacial score (nSPS) is 20.5. The van der Waals surface area contributed by atoms with Crippen molar-refractivity contribution < 1.29 is 28.7 Å². The van der Waals surface area contributed by atoms with Gasteiger partial charge in [0.2, 0.25) is 0 Å². The summed E-state index contributed by atoms with van der Waals surface area (Å²) in [7, 11) is 1.18. The summed E-state index contributed by atoms with van der Waals surface area (Å²) >= 11 is 0. The van der Waals surface area contributed by atoms with E-state index in [1.165, 1.54) is 31.4 Å². The molecule has 8 heteroatoms. The number of carbonyl (C=O) groups excluding carboxylic acids is 2. The van der Waals surface area contributed by atoms with E-state index < -0.39 is 29.1 Å². The van der Waals surface area contributed by atoms with Gasteiger partial charge in [-0.2, -0.15) is 0 Å². The number of hydrogen-bond donors (Lipinski definition) is 0. The zero-order valence-electron chi connectivity index (χ0n) is 9.77. The molecule has 0 bridgehead atoms. The van der Waals surface area contributed by atoms with Gasteiger partial charge in [0, 0.05) is 12.1 Å². The van der Waals surface area contributed by atoms with Crippen LogP contribution in [0.2, 0.25) is 0 Å². The van der Waals surface area contributed by atoms with Crippen molar-refractivity contribution in [3.63, 3.8) is 0 Å². The van der Waals surface area contributed by atoms with Crippen LogP contribution in [-0.4, -0.2) is 36.2 Å². The van der Waals surface area contributed by atoms with E-state index in [1.807, 2.05) is 0 Å². The van der Waals surface area contributed by atoms with Crippen molar-refractivity contribution in [2.24, 2.45) is 0 Å². The molecule has 8 nitrogen and oxygen atoms in total. The molecule has 2 rings (SSSR count). The number of ether oxygens (including phenoxy) is 3. The van der Waals surface area contributed by atoms with Crippen LogP contribution in [0.4, 0.5) is 5.69 Å². The summed E-state index contributed by atoms with van der Waals surface area (Å²) in [5, 5.41) is 10.4. The first-order valence-corrected chi connectivity index (χ1v) is 5.22. The number of hydrogen-bond acceptors (Lipinski definition) is 7. The largest absolute Gasteiger partial charge is 0.467 e. The van der Waals surface area contributed by atoms with Gasteiger partial charge in [-0.05, 0) is 12.1 Å². The summed E-state index contributed by atoms with van der Waals surface area (Å²) in [5.74, 6) is -1.26. The van der Waals surface area contributed by atoms with Crippen molar-refractivity contribution in [3.05, 3.63) is 34.4 Å². The molecule has 0 N–H and O–H groups in total. The van der Waals surface area contributed by atoms with Crippen LogP contribution in [0.5, 0.6) is 5.75 Å². The summed E-state index contributed by atoms with van der Waals surface area (Å²) in [6, 6.07) is 4.97. The third-order valence-corrected chi connectivity index (χ3v) is 2.42. The zero-order valence-corrected chi connectivity index (χ0v) is 9.77. The predicted octanol–water partition coefficient (Wildman–Crippen LogP) is 0.441. The van der Waals surface area contributed by atoms with Crippen molar-refractivity contribution in [2.45, 2.75) is 12.2 Å². The maximum absolute atomic E-state index is 11.5. The Kier molecular flexibility index (Phi) is 3.43. The molecule has 1 fully saturated rings. The fourth-order valence-electron chi connectivity index (χ4n) is 1.40. The smallest absolute Gasteiger partial charge is 0.344 e. The minimum Gasteiger partial charge on any atom is -0.467 e. The molecule has 1 aliphatic rings. The average molecular weight is 267 g/mol. The van der Waals surface area contributed by atoms with E-state index in [1.54, 1.807) is 0 Å². The molecule has 1 aliphatic heterocycles. The standard InChI is InChI=1S/C11H9NO7/c1-17-10(13)8-9(19-8)11(14)18-7-4-2-6(3-5-7)12(15)16/h2-5,8-9H,1H3. The van der Waals surface area contributed by atoms with E-state index >= 15 is 0 Å². The Bertz CT molecular complexity index is 524. The van der Waals surface area contributed by atoms with Crippen LogP contribution in [0.15, 0.2) is 24.3 Å². The maximum Gasteiger partial charge on any atom is 0.344 e. The lowest BCUT2D eigenvalue weighted by molar-refractivity contribution is -0.384. The summed E-state index contributed by atoms with van der Waals surface area (Å²) in [6.45, 7) is 0. The highest BCUT2D eigenvalue weighted by Gasteiger charge is 2.52. The molecule has 0 aromatic heterocycles. The van der Waals surface area contributed by atoms with E-state index in [-0.39, 0.29) is 11.4 Å². The number of nitrogens with zero attached hydrogens (tertiary/aromatic N) is 1. The Morgan fingerprint density at radius 1 is 1.21 bits per heavy atom. The van der Waals surface area contributed by atoms with Gasteiger partial charge in [-0.15, -0.1) is 0 Å². The summed E-state index contributed by atoms with van der Waals surface area (Å²) in [6.07, 6.45) is -1.92. The molecule has 2 unspecified atom stereocenters. The Morgan fingerprint density at radius 2 is 1.79 bits per heavy atom. The van der Waals surface area contributed by atoms with Crippen LogP contribution in [0.3, 0.4) is 0 Å². The lowest BCUT2D eigenvalue weighted by atomic mass is 10.3. The molecular formula is C11H9NO7. The number of benzene rings is 1. The van der Waals surface area contributed by atoms with Crippen molar-refractivity contribution in [3.8, 4) is 5.75 Å². The molecule has 1 aromatic carbocycles. The van der Waals surface area contributed by atoms with E-state index in [0.29, 0.717) is 0 Å². The molecule has 1 heterocycles. The van der Waals surface area contributed by atoms with Crippen LogP contribution < -0.4 is 4.74 Å². The molecule has 0 amide bonds. The second-order valence-corrected chi connectivity index (χ2v) is 3.67. The van der Waals surface area contributed by atoms with Gasteiger partial charge < -0.3 is 14.2 Å². The number of non-ortho nitro benzene ring substituents is 1. The van der Waals surface area contributed by atoms with Gasteiger partial charge in [0.1, 0.15) is 5.75 Å². The lowest BCUT2D eigenvalue weighted by Crippen LogP contribution is -2.21. The third-order valence-electron chi connectivity index (χ3n) is 2.42. The van der Waals surface area contributed by atoms with Gasteiger partial charge in [0.25, 0.3) is 5.69 Å². The minimum atomic E-state index is -0.984. The highest BCUT2D eigenvalue weighted by Crippen LogP contribution is 2.26. The zero-order chi connectivity index (χ0) is 14.0. The number of nitro benzene ring substituents is 1. The van der Waals surface area contributed by atoms with Crippen molar-refractivity contribution in [2.75, 3.05) is 7.11 Å². The molecule has 1 saturated heterocycles. The molecule has 2 atom stereocenters. The number of epoxide rings is 1. The molecule has 19 heavy (non-hydrogen) atoms. The summed E-state index contributed by atoms with van der Waals surface area (Å²) in [5.41, 5.74) is -0.116. The van der Waals surface area contributed by atoms with E-state index in [4.69, 9.17) is 9.47 Å². The highest BCUT2D eigenvalue weighted by atomic mass is 16.7. The fraction of sp³-hybridized carbons (Fsp3) is 0.273.